The average Bonchev–Trinajstić information content (AvgIpc) is 2.30. The van der Waals surface area contributed by atoms with Gasteiger partial charge in [-0.25, -0.2) is 9.97 Å². The molecule has 0 radical (unpaired) electrons. The van der Waals surface area contributed by atoms with E-state index in [0.717, 1.165) is 11.3 Å². The molecular weight excluding hydrogens is 210 g/mol. The van der Waals surface area contributed by atoms with Gasteiger partial charge >= 0.3 is 0 Å². The SMILES string of the molecule is CNc1ncc(C)c(-c2ccc(C)cc2C)n1. The second kappa shape index (κ2) is 4.53. The van der Waals surface area contributed by atoms with Crippen LogP contribution in [0.2, 0.25) is 0 Å². The van der Waals surface area contributed by atoms with Crippen molar-refractivity contribution in [1.29, 1.82) is 0 Å². The van der Waals surface area contributed by atoms with Crippen LogP contribution in [0.1, 0.15) is 16.7 Å². The van der Waals surface area contributed by atoms with Crippen LogP contribution in [0.3, 0.4) is 0 Å². The molecule has 17 heavy (non-hydrogen) atoms. The molecule has 0 fully saturated rings. The maximum absolute atomic E-state index is 4.53. The van der Waals surface area contributed by atoms with Crippen molar-refractivity contribution in [2.45, 2.75) is 20.8 Å². The molecule has 0 aliphatic rings. The zero-order valence-corrected chi connectivity index (χ0v) is 10.7. The highest BCUT2D eigenvalue weighted by atomic mass is 15.1. The Bertz CT molecular complexity index is 547. The highest BCUT2D eigenvalue weighted by Crippen LogP contribution is 2.25. The van der Waals surface area contributed by atoms with E-state index in [1.807, 2.05) is 20.2 Å². The van der Waals surface area contributed by atoms with E-state index in [2.05, 4.69) is 47.3 Å². The number of rotatable bonds is 2. The van der Waals surface area contributed by atoms with E-state index < -0.39 is 0 Å². The van der Waals surface area contributed by atoms with E-state index in [0.29, 0.717) is 5.95 Å². The number of aromatic nitrogens is 2. The fraction of sp³-hybridized carbons (Fsp3) is 0.286. The van der Waals surface area contributed by atoms with Gasteiger partial charge in [-0.1, -0.05) is 23.8 Å². The molecule has 1 N–H and O–H groups in total. The van der Waals surface area contributed by atoms with E-state index >= 15 is 0 Å². The Hall–Kier alpha value is -1.90. The molecule has 1 aromatic heterocycles. The van der Waals surface area contributed by atoms with Crippen LogP contribution in [0.5, 0.6) is 0 Å². The quantitative estimate of drug-likeness (QED) is 0.856. The summed E-state index contributed by atoms with van der Waals surface area (Å²) < 4.78 is 0. The summed E-state index contributed by atoms with van der Waals surface area (Å²) >= 11 is 0. The van der Waals surface area contributed by atoms with Crippen LogP contribution in [-0.4, -0.2) is 17.0 Å². The maximum Gasteiger partial charge on any atom is 0.222 e. The molecule has 3 nitrogen and oxygen atoms in total. The summed E-state index contributed by atoms with van der Waals surface area (Å²) in [6.07, 6.45) is 1.85. The summed E-state index contributed by atoms with van der Waals surface area (Å²) in [7, 11) is 1.83. The van der Waals surface area contributed by atoms with Gasteiger partial charge in [0.25, 0.3) is 0 Å². The van der Waals surface area contributed by atoms with Crippen LogP contribution in [0.15, 0.2) is 24.4 Å². The van der Waals surface area contributed by atoms with Crippen molar-refractivity contribution in [2.24, 2.45) is 0 Å². The summed E-state index contributed by atoms with van der Waals surface area (Å²) in [5, 5.41) is 2.97. The van der Waals surface area contributed by atoms with Crippen molar-refractivity contribution >= 4 is 5.95 Å². The summed E-state index contributed by atoms with van der Waals surface area (Å²) in [5.74, 6) is 0.658. The van der Waals surface area contributed by atoms with Crippen LogP contribution >= 0.6 is 0 Å². The zero-order chi connectivity index (χ0) is 12.4. The molecule has 0 aliphatic carbocycles. The number of nitrogens with zero attached hydrogens (tertiary/aromatic N) is 2. The summed E-state index contributed by atoms with van der Waals surface area (Å²) in [4.78, 5) is 8.74. The van der Waals surface area contributed by atoms with Crippen LogP contribution in [-0.2, 0) is 0 Å². The first kappa shape index (κ1) is 11.6. The fourth-order valence-electron chi connectivity index (χ4n) is 1.91. The summed E-state index contributed by atoms with van der Waals surface area (Å²) in [5.41, 5.74) is 5.78. The number of nitrogens with one attached hydrogen (secondary N) is 1. The van der Waals surface area contributed by atoms with Crippen LogP contribution < -0.4 is 5.32 Å². The molecule has 0 saturated heterocycles. The molecule has 2 aromatic rings. The zero-order valence-electron chi connectivity index (χ0n) is 10.7. The highest BCUT2D eigenvalue weighted by molar-refractivity contribution is 5.67. The molecule has 0 bridgehead atoms. The van der Waals surface area contributed by atoms with E-state index in [4.69, 9.17) is 0 Å². The molecule has 2 rings (SSSR count). The number of benzene rings is 1. The highest BCUT2D eigenvalue weighted by Gasteiger charge is 2.08. The van der Waals surface area contributed by atoms with Crippen molar-refractivity contribution in [3.05, 3.63) is 41.1 Å². The topological polar surface area (TPSA) is 37.8 Å². The molecule has 3 heteroatoms. The number of hydrogen-bond donors (Lipinski definition) is 1. The Kier molecular flexibility index (Phi) is 3.09. The van der Waals surface area contributed by atoms with Crippen LogP contribution in [0.4, 0.5) is 5.95 Å². The predicted molar refractivity (Wildman–Crippen MR) is 71.2 cm³/mol. The summed E-state index contributed by atoms with van der Waals surface area (Å²) in [6.45, 7) is 6.25. The van der Waals surface area contributed by atoms with Gasteiger partial charge in [0.15, 0.2) is 0 Å². The lowest BCUT2D eigenvalue weighted by molar-refractivity contribution is 1.12. The van der Waals surface area contributed by atoms with E-state index in [9.17, 15) is 0 Å². The molecule has 0 atom stereocenters. The second-order valence-electron chi connectivity index (χ2n) is 4.29. The molecule has 1 aromatic carbocycles. The molecule has 88 valence electrons. The van der Waals surface area contributed by atoms with Crippen molar-refractivity contribution in [1.82, 2.24) is 9.97 Å². The molecular formula is C14H17N3. The van der Waals surface area contributed by atoms with Gasteiger partial charge in [-0.05, 0) is 31.9 Å². The third-order valence-corrected chi connectivity index (χ3v) is 2.83. The second-order valence-corrected chi connectivity index (χ2v) is 4.29. The van der Waals surface area contributed by atoms with E-state index in [1.54, 1.807) is 0 Å². The van der Waals surface area contributed by atoms with Gasteiger partial charge in [0, 0.05) is 18.8 Å². The number of aryl methyl sites for hydroxylation is 3. The summed E-state index contributed by atoms with van der Waals surface area (Å²) in [6, 6.07) is 6.41. The Morgan fingerprint density at radius 3 is 2.47 bits per heavy atom. The van der Waals surface area contributed by atoms with Gasteiger partial charge < -0.3 is 5.32 Å². The lowest BCUT2D eigenvalue weighted by atomic mass is 10.0. The largest absolute Gasteiger partial charge is 0.357 e. The van der Waals surface area contributed by atoms with E-state index in [-0.39, 0.29) is 0 Å². The van der Waals surface area contributed by atoms with Crippen molar-refractivity contribution in [2.75, 3.05) is 12.4 Å². The van der Waals surface area contributed by atoms with Gasteiger partial charge in [-0.3, -0.25) is 0 Å². The minimum atomic E-state index is 0.658. The standard InChI is InChI=1S/C14H17N3/c1-9-5-6-12(10(2)7-9)13-11(3)8-16-14(15-4)17-13/h5-8H,1-4H3,(H,15,16,17). The molecule has 0 unspecified atom stereocenters. The molecule has 1 heterocycles. The van der Waals surface area contributed by atoms with E-state index in [1.165, 1.54) is 16.7 Å². The lowest BCUT2D eigenvalue weighted by Crippen LogP contribution is -2.00. The van der Waals surface area contributed by atoms with Gasteiger partial charge in [-0.2, -0.15) is 0 Å². The Morgan fingerprint density at radius 2 is 1.82 bits per heavy atom. The van der Waals surface area contributed by atoms with Gasteiger partial charge in [0.2, 0.25) is 5.95 Å². The van der Waals surface area contributed by atoms with Gasteiger partial charge in [0.05, 0.1) is 5.69 Å². The number of anilines is 1. The smallest absolute Gasteiger partial charge is 0.222 e. The molecule has 0 saturated carbocycles. The molecule has 0 amide bonds. The van der Waals surface area contributed by atoms with Crippen LogP contribution in [0, 0.1) is 20.8 Å². The minimum Gasteiger partial charge on any atom is -0.357 e. The Balaban J connectivity index is 2.59. The first-order valence-electron chi connectivity index (χ1n) is 5.71. The predicted octanol–water partition coefficient (Wildman–Crippen LogP) is 3.11. The fourth-order valence-corrected chi connectivity index (χ4v) is 1.91. The Morgan fingerprint density at radius 1 is 1.06 bits per heavy atom. The Labute approximate surface area is 102 Å². The third kappa shape index (κ3) is 2.28. The van der Waals surface area contributed by atoms with Gasteiger partial charge in [-0.15, -0.1) is 0 Å². The monoisotopic (exact) mass is 227 g/mol. The first-order valence-corrected chi connectivity index (χ1v) is 5.71. The number of hydrogen-bond acceptors (Lipinski definition) is 3. The molecule has 0 aliphatic heterocycles. The first-order chi connectivity index (χ1) is 8.11. The van der Waals surface area contributed by atoms with Crippen molar-refractivity contribution in [3.63, 3.8) is 0 Å². The average molecular weight is 227 g/mol. The minimum absolute atomic E-state index is 0.658. The third-order valence-electron chi connectivity index (χ3n) is 2.83. The normalized spacial score (nSPS) is 10.4. The lowest BCUT2D eigenvalue weighted by Gasteiger charge is -2.10. The van der Waals surface area contributed by atoms with Crippen molar-refractivity contribution < 1.29 is 0 Å². The van der Waals surface area contributed by atoms with Gasteiger partial charge in [0.1, 0.15) is 0 Å². The maximum atomic E-state index is 4.53. The van der Waals surface area contributed by atoms with Crippen LogP contribution in [0.25, 0.3) is 11.3 Å². The van der Waals surface area contributed by atoms with Crippen molar-refractivity contribution in [3.8, 4) is 11.3 Å². The molecule has 0 spiro atoms.